The number of fused-ring (bicyclic) bond motifs is 3. The summed E-state index contributed by atoms with van der Waals surface area (Å²) in [7, 11) is -8.37. The summed E-state index contributed by atoms with van der Waals surface area (Å²) in [5.41, 5.74) is 5.63. The molecule has 0 spiro atoms. The van der Waals surface area contributed by atoms with Gasteiger partial charge in [0.2, 0.25) is 10.0 Å². The van der Waals surface area contributed by atoms with E-state index in [0.717, 1.165) is 24.0 Å². The van der Waals surface area contributed by atoms with Gasteiger partial charge in [-0.3, -0.25) is 14.1 Å². The van der Waals surface area contributed by atoms with Gasteiger partial charge in [-0.05, 0) is 90.0 Å². The van der Waals surface area contributed by atoms with Gasteiger partial charge in [0.05, 0.1) is 28.0 Å². The molecule has 3 fully saturated rings. The zero-order chi connectivity index (χ0) is 32.4. The van der Waals surface area contributed by atoms with E-state index in [4.69, 9.17) is 9.47 Å². The van der Waals surface area contributed by atoms with E-state index in [-0.39, 0.29) is 28.5 Å². The molecular formula is C35H33NO9S2. The number of hydrogen-bond acceptors (Lipinski definition) is 8. The first kappa shape index (κ1) is 29.6. The molecule has 0 aromatic heterocycles. The molecule has 7 unspecified atom stereocenters. The molecular weight excluding hydrogens is 643 g/mol. The predicted octanol–water partition coefficient (Wildman–Crippen LogP) is 3.86. The lowest BCUT2D eigenvalue weighted by atomic mass is 9.59. The van der Waals surface area contributed by atoms with E-state index in [1.807, 2.05) is 24.3 Å². The number of ether oxygens (including phenoxy) is 2. The minimum absolute atomic E-state index is 0.0557. The zero-order valence-electron chi connectivity index (χ0n) is 25.2. The van der Waals surface area contributed by atoms with Gasteiger partial charge in [0.1, 0.15) is 11.9 Å². The summed E-state index contributed by atoms with van der Waals surface area (Å²) in [5.74, 6) is -3.53. The number of sulfonamides is 1. The van der Waals surface area contributed by atoms with Crippen molar-refractivity contribution in [3.8, 4) is 5.75 Å². The second kappa shape index (κ2) is 10.2. The van der Waals surface area contributed by atoms with E-state index in [9.17, 15) is 31.0 Å². The molecule has 47 heavy (non-hydrogen) atoms. The molecule has 3 aromatic carbocycles. The van der Waals surface area contributed by atoms with Crippen molar-refractivity contribution >= 4 is 32.1 Å². The van der Waals surface area contributed by atoms with Gasteiger partial charge in [-0.1, -0.05) is 48.5 Å². The van der Waals surface area contributed by atoms with E-state index < -0.39 is 67.2 Å². The number of esters is 2. The first-order valence-electron chi connectivity index (χ1n) is 16.3. The summed E-state index contributed by atoms with van der Waals surface area (Å²) >= 11 is 0. The van der Waals surface area contributed by atoms with E-state index in [1.165, 1.54) is 23.3 Å². The van der Waals surface area contributed by atoms with Crippen LogP contribution in [-0.2, 0) is 47.3 Å². The smallest absolute Gasteiger partial charge is 0.316 e. The third-order valence-corrected chi connectivity index (χ3v) is 14.6. The standard InChI is InChI=1S/C35H33NO9S2/c37-34(25-15-23-17-7-1-5-11-21(17)29(25)22-12-6-2-8-18(22)23)45-32-24-16-26-31(32)36-46(39,40)33(26)30(24)35(38)44-27-13-14-28(47(41,42)43)20-10-4-3-9-19(20)27/h1-2,5-8,11-14,23-26,29-33,36H,3-4,9-10,15-16H2,(H,41,42,43). The first-order chi connectivity index (χ1) is 22.5. The van der Waals surface area contributed by atoms with Crippen molar-refractivity contribution < 1.29 is 40.5 Å². The second-order valence-electron chi connectivity index (χ2n) is 13.9. The fourth-order valence-corrected chi connectivity index (χ4v) is 13.1. The fourth-order valence-electron chi connectivity index (χ4n) is 10.0. The van der Waals surface area contributed by atoms with Gasteiger partial charge < -0.3 is 9.47 Å². The minimum atomic E-state index is -4.48. The Morgan fingerprint density at radius 3 is 2.11 bits per heavy atom. The lowest BCUT2D eigenvalue weighted by molar-refractivity contribution is -0.162. The molecule has 7 aliphatic rings. The number of rotatable bonds is 5. The Kier molecular flexibility index (Phi) is 6.42. The van der Waals surface area contributed by atoms with E-state index >= 15 is 0 Å². The second-order valence-corrected chi connectivity index (χ2v) is 17.2. The molecule has 0 amide bonds. The van der Waals surface area contributed by atoms with Crippen LogP contribution in [0.15, 0.2) is 65.6 Å². The van der Waals surface area contributed by atoms with Gasteiger partial charge in [0.15, 0.2) is 0 Å². The SMILES string of the molecule is O=C(OC1C2CC3C1NS(=O)(=O)C3C2C(=O)Oc1ccc(S(=O)(=O)O)c2c1CCCC2)C1CC2c3ccccc3C1c1ccccc12. The molecule has 1 heterocycles. The summed E-state index contributed by atoms with van der Waals surface area (Å²) in [6.45, 7) is 0. The molecule has 2 saturated carbocycles. The van der Waals surface area contributed by atoms with Crippen LogP contribution < -0.4 is 9.46 Å². The molecule has 244 valence electrons. The summed E-state index contributed by atoms with van der Waals surface area (Å²) in [5, 5.41) is -1.00. The van der Waals surface area contributed by atoms with Crippen molar-refractivity contribution in [3.63, 3.8) is 0 Å². The van der Waals surface area contributed by atoms with Gasteiger partial charge in [-0.15, -0.1) is 0 Å². The maximum absolute atomic E-state index is 14.1. The minimum Gasteiger partial charge on any atom is -0.460 e. The first-order valence-corrected chi connectivity index (χ1v) is 19.2. The topological polar surface area (TPSA) is 153 Å². The molecule has 6 aliphatic carbocycles. The molecule has 2 N–H and O–H groups in total. The van der Waals surface area contributed by atoms with Crippen molar-refractivity contribution in [2.75, 3.05) is 0 Å². The van der Waals surface area contributed by atoms with Crippen LogP contribution in [0, 0.1) is 23.7 Å². The van der Waals surface area contributed by atoms with Gasteiger partial charge >= 0.3 is 11.9 Å². The summed E-state index contributed by atoms with van der Waals surface area (Å²) < 4.78 is 75.5. The van der Waals surface area contributed by atoms with Gasteiger partial charge in [0, 0.05) is 17.8 Å². The van der Waals surface area contributed by atoms with E-state index in [2.05, 4.69) is 29.0 Å². The quantitative estimate of drug-likeness (QED) is 0.233. The largest absolute Gasteiger partial charge is 0.460 e. The van der Waals surface area contributed by atoms with Gasteiger partial charge in [-0.25, -0.2) is 13.1 Å². The van der Waals surface area contributed by atoms with Crippen LogP contribution in [0.25, 0.3) is 0 Å². The molecule has 12 heteroatoms. The highest BCUT2D eigenvalue weighted by molar-refractivity contribution is 7.90. The van der Waals surface area contributed by atoms with Crippen LogP contribution >= 0.6 is 0 Å². The highest BCUT2D eigenvalue weighted by Gasteiger charge is 2.71. The Morgan fingerprint density at radius 1 is 0.809 bits per heavy atom. The Morgan fingerprint density at radius 2 is 1.45 bits per heavy atom. The molecule has 10 rings (SSSR count). The third kappa shape index (κ3) is 4.27. The number of carbonyl (C=O) groups excluding carboxylic acids is 2. The number of nitrogens with one attached hydrogen (secondary N) is 1. The van der Waals surface area contributed by atoms with Gasteiger partial charge in [0.25, 0.3) is 10.1 Å². The van der Waals surface area contributed by atoms with Crippen LogP contribution in [-0.4, -0.2) is 50.7 Å². The van der Waals surface area contributed by atoms with Crippen LogP contribution in [0.1, 0.15) is 70.9 Å². The normalized spacial score (nSPS) is 33.5. The molecule has 7 atom stereocenters. The average Bonchev–Trinajstić information content (AvgIpc) is 3.67. The summed E-state index contributed by atoms with van der Waals surface area (Å²) in [4.78, 5) is 27.9. The molecule has 1 aliphatic heterocycles. The van der Waals surface area contributed by atoms with Crippen molar-refractivity contribution in [2.45, 2.75) is 72.7 Å². The maximum atomic E-state index is 14.1. The Bertz CT molecular complexity index is 2050. The average molecular weight is 676 g/mol. The van der Waals surface area contributed by atoms with Crippen molar-refractivity contribution in [3.05, 3.63) is 94.0 Å². The van der Waals surface area contributed by atoms with E-state index in [0.29, 0.717) is 36.8 Å². The van der Waals surface area contributed by atoms with Crippen LogP contribution in [0.4, 0.5) is 0 Å². The van der Waals surface area contributed by atoms with E-state index in [1.54, 1.807) is 0 Å². The van der Waals surface area contributed by atoms with Crippen LogP contribution in [0.5, 0.6) is 5.75 Å². The Balaban J connectivity index is 1.02. The van der Waals surface area contributed by atoms with Crippen LogP contribution in [0.3, 0.4) is 0 Å². The molecule has 1 saturated heterocycles. The monoisotopic (exact) mass is 675 g/mol. The Hall–Kier alpha value is -3.58. The zero-order valence-corrected chi connectivity index (χ0v) is 26.9. The molecule has 3 aromatic rings. The number of benzene rings is 3. The lowest BCUT2D eigenvalue weighted by Crippen LogP contribution is -2.49. The summed E-state index contributed by atoms with van der Waals surface area (Å²) in [6.07, 6.45) is 2.51. The number of carbonyl (C=O) groups is 2. The number of hydrogen-bond donors (Lipinski definition) is 2. The predicted molar refractivity (Wildman–Crippen MR) is 168 cm³/mol. The Labute approximate surface area is 272 Å². The van der Waals surface area contributed by atoms with Crippen molar-refractivity contribution in [1.82, 2.24) is 4.72 Å². The lowest BCUT2D eigenvalue weighted by Gasteiger charge is -2.45. The fraction of sp³-hybridized carbons (Fsp3) is 0.429. The van der Waals surface area contributed by atoms with Crippen molar-refractivity contribution in [2.24, 2.45) is 23.7 Å². The van der Waals surface area contributed by atoms with Crippen LogP contribution in [0.2, 0.25) is 0 Å². The molecule has 0 radical (unpaired) electrons. The maximum Gasteiger partial charge on any atom is 0.316 e. The molecule has 4 bridgehead atoms. The van der Waals surface area contributed by atoms with Crippen molar-refractivity contribution in [1.29, 1.82) is 0 Å². The van der Waals surface area contributed by atoms with Gasteiger partial charge in [-0.2, -0.15) is 8.42 Å². The third-order valence-electron chi connectivity index (χ3n) is 11.7. The summed E-state index contributed by atoms with van der Waals surface area (Å²) in [6, 6.07) is 18.4. The highest BCUT2D eigenvalue weighted by atomic mass is 32.2. The highest BCUT2D eigenvalue weighted by Crippen LogP contribution is 2.59. The molecule has 10 nitrogen and oxygen atoms in total.